The van der Waals surface area contributed by atoms with Gasteiger partial charge in [-0.25, -0.2) is 4.79 Å². The molecule has 0 aromatic heterocycles. The Bertz CT molecular complexity index is 231. The number of hydrogen-bond donors (Lipinski definition) is 3. The first-order valence-corrected chi connectivity index (χ1v) is 4.46. The van der Waals surface area contributed by atoms with E-state index in [0.717, 1.165) is 0 Å². The van der Waals surface area contributed by atoms with Crippen LogP contribution in [-0.2, 0) is 9.53 Å². The fourth-order valence-electron chi connectivity index (χ4n) is 1.32. The smallest absolute Gasteiger partial charge is 0.407 e. The minimum atomic E-state index is -0.501. The molecule has 2 amide bonds. The summed E-state index contributed by atoms with van der Waals surface area (Å²) in [5, 5.41) is 13.8. The van der Waals surface area contributed by atoms with Gasteiger partial charge in [-0.2, -0.15) is 0 Å². The van der Waals surface area contributed by atoms with Crippen LogP contribution in [0.3, 0.4) is 0 Å². The van der Waals surface area contributed by atoms with Crippen molar-refractivity contribution < 1.29 is 19.4 Å². The van der Waals surface area contributed by atoms with Gasteiger partial charge in [-0.3, -0.25) is 4.79 Å². The van der Waals surface area contributed by atoms with E-state index in [-0.39, 0.29) is 25.1 Å². The van der Waals surface area contributed by atoms with Crippen molar-refractivity contribution in [3.63, 3.8) is 0 Å². The predicted octanol–water partition coefficient (Wildman–Crippen LogP) is -1.02. The Morgan fingerprint density at radius 3 is 3.00 bits per heavy atom. The zero-order valence-electron chi connectivity index (χ0n) is 7.95. The molecule has 80 valence electrons. The van der Waals surface area contributed by atoms with E-state index in [9.17, 15) is 9.59 Å². The van der Waals surface area contributed by atoms with Crippen molar-refractivity contribution in [2.45, 2.75) is 25.5 Å². The van der Waals surface area contributed by atoms with Crippen molar-refractivity contribution >= 4 is 12.0 Å². The van der Waals surface area contributed by atoms with Crippen LogP contribution in [0, 0.1) is 0 Å². The summed E-state index contributed by atoms with van der Waals surface area (Å²) in [5.74, 6) is -0.171. The zero-order chi connectivity index (χ0) is 10.6. The number of aliphatic hydroxyl groups is 1. The molecule has 1 aliphatic rings. The van der Waals surface area contributed by atoms with Crippen molar-refractivity contribution in [2.75, 3.05) is 13.2 Å². The molecule has 0 aromatic rings. The molecule has 0 radical (unpaired) electrons. The van der Waals surface area contributed by atoms with Crippen LogP contribution < -0.4 is 10.6 Å². The van der Waals surface area contributed by atoms with E-state index in [1.165, 1.54) is 6.92 Å². The number of carbonyl (C=O) groups is 2. The largest absolute Gasteiger partial charge is 0.442 e. The fourth-order valence-corrected chi connectivity index (χ4v) is 1.32. The quantitative estimate of drug-likeness (QED) is 0.544. The van der Waals surface area contributed by atoms with Gasteiger partial charge in [0.2, 0.25) is 5.91 Å². The third kappa shape index (κ3) is 2.88. The summed E-state index contributed by atoms with van der Waals surface area (Å²) in [6.45, 7) is 1.65. The summed E-state index contributed by atoms with van der Waals surface area (Å²) in [7, 11) is 0. The summed E-state index contributed by atoms with van der Waals surface area (Å²) in [6, 6.07) is -0.223. The maximum Gasteiger partial charge on any atom is 0.407 e. The Labute approximate surface area is 81.6 Å². The highest BCUT2D eigenvalue weighted by atomic mass is 16.6. The molecule has 1 fully saturated rings. The van der Waals surface area contributed by atoms with Gasteiger partial charge in [0, 0.05) is 13.5 Å². The number of ether oxygens (including phenoxy) is 1. The summed E-state index contributed by atoms with van der Waals surface area (Å²) < 4.78 is 4.90. The molecule has 6 heteroatoms. The standard InChI is InChI=1S/C8H14N2O4/c1-5(12)9-4-7-6(2-3-11)10-8(13)14-7/h6-7,11H,2-4H2,1H3,(H,9,12)(H,10,13). The van der Waals surface area contributed by atoms with Gasteiger partial charge in [-0.1, -0.05) is 0 Å². The first-order valence-electron chi connectivity index (χ1n) is 4.46. The van der Waals surface area contributed by atoms with Crippen LogP contribution >= 0.6 is 0 Å². The molecule has 0 bridgehead atoms. The number of cyclic esters (lactones) is 1. The van der Waals surface area contributed by atoms with Crippen molar-refractivity contribution in [3.8, 4) is 0 Å². The van der Waals surface area contributed by atoms with Gasteiger partial charge in [-0.15, -0.1) is 0 Å². The molecule has 2 atom stereocenters. The molecule has 0 aromatic carbocycles. The molecule has 0 saturated carbocycles. The topological polar surface area (TPSA) is 87.7 Å². The molecular formula is C8H14N2O4. The molecule has 1 aliphatic heterocycles. The van der Waals surface area contributed by atoms with E-state index in [4.69, 9.17) is 9.84 Å². The van der Waals surface area contributed by atoms with E-state index in [0.29, 0.717) is 6.42 Å². The second kappa shape index (κ2) is 4.80. The lowest BCUT2D eigenvalue weighted by Gasteiger charge is -2.15. The van der Waals surface area contributed by atoms with Gasteiger partial charge < -0.3 is 20.5 Å². The lowest BCUT2D eigenvalue weighted by atomic mass is 10.1. The second-order valence-corrected chi connectivity index (χ2v) is 3.14. The lowest BCUT2D eigenvalue weighted by Crippen LogP contribution is -2.40. The number of rotatable bonds is 4. The number of nitrogens with one attached hydrogen (secondary N) is 2. The average molecular weight is 202 g/mol. The average Bonchev–Trinajstić information content (AvgIpc) is 2.44. The van der Waals surface area contributed by atoms with Crippen LogP contribution in [0.25, 0.3) is 0 Å². The van der Waals surface area contributed by atoms with Gasteiger partial charge in [-0.05, 0) is 6.42 Å². The van der Waals surface area contributed by atoms with Crippen LogP contribution in [0.15, 0.2) is 0 Å². The third-order valence-electron chi connectivity index (χ3n) is 2.00. The number of carbonyl (C=O) groups excluding carboxylic acids is 2. The highest BCUT2D eigenvalue weighted by molar-refractivity contribution is 5.73. The summed E-state index contributed by atoms with van der Waals surface area (Å²) >= 11 is 0. The molecule has 3 N–H and O–H groups in total. The van der Waals surface area contributed by atoms with Crippen molar-refractivity contribution in [1.82, 2.24) is 10.6 Å². The molecule has 0 aliphatic carbocycles. The molecule has 0 spiro atoms. The fraction of sp³-hybridized carbons (Fsp3) is 0.750. The van der Waals surface area contributed by atoms with E-state index < -0.39 is 12.2 Å². The highest BCUT2D eigenvalue weighted by Gasteiger charge is 2.33. The van der Waals surface area contributed by atoms with E-state index >= 15 is 0 Å². The van der Waals surface area contributed by atoms with Gasteiger partial charge in [0.05, 0.1) is 12.6 Å². The first kappa shape index (κ1) is 10.8. The maximum atomic E-state index is 10.9. The number of amides is 2. The Kier molecular flexibility index (Phi) is 3.70. The Balaban J connectivity index is 2.40. The van der Waals surface area contributed by atoms with Gasteiger partial charge in [0.1, 0.15) is 6.10 Å². The molecule has 2 unspecified atom stereocenters. The SMILES string of the molecule is CC(=O)NCC1OC(=O)NC1CCO. The van der Waals surface area contributed by atoms with Gasteiger partial charge in [0.15, 0.2) is 0 Å². The summed E-state index contributed by atoms with van der Waals surface area (Å²) in [5.41, 5.74) is 0. The molecule has 14 heavy (non-hydrogen) atoms. The minimum Gasteiger partial charge on any atom is -0.442 e. The number of hydrogen-bond acceptors (Lipinski definition) is 4. The monoisotopic (exact) mass is 202 g/mol. The first-order chi connectivity index (χ1) is 6.63. The third-order valence-corrected chi connectivity index (χ3v) is 2.00. The van der Waals surface area contributed by atoms with Crippen LogP contribution in [0.2, 0.25) is 0 Å². The molecule has 1 heterocycles. The van der Waals surface area contributed by atoms with Crippen LogP contribution in [0.1, 0.15) is 13.3 Å². The lowest BCUT2D eigenvalue weighted by molar-refractivity contribution is -0.119. The van der Waals surface area contributed by atoms with Crippen LogP contribution in [0.5, 0.6) is 0 Å². The van der Waals surface area contributed by atoms with Crippen molar-refractivity contribution in [1.29, 1.82) is 0 Å². The Morgan fingerprint density at radius 2 is 2.43 bits per heavy atom. The highest BCUT2D eigenvalue weighted by Crippen LogP contribution is 2.10. The normalized spacial score (nSPS) is 25.4. The van der Waals surface area contributed by atoms with Gasteiger partial charge >= 0.3 is 6.09 Å². The molecule has 6 nitrogen and oxygen atoms in total. The van der Waals surface area contributed by atoms with E-state index in [1.807, 2.05) is 0 Å². The Hall–Kier alpha value is -1.30. The van der Waals surface area contributed by atoms with Crippen LogP contribution in [0.4, 0.5) is 4.79 Å². The number of alkyl carbamates (subject to hydrolysis) is 1. The second-order valence-electron chi connectivity index (χ2n) is 3.14. The molecular weight excluding hydrogens is 188 g/mol. The summed E-state index contributed by atoms with van der Waals surface area (Å²) in [4.78, 5) is 21.5. The van der Waals surface area contributed by atoms with E-state index in [2.05, 4.69) is 10.6 Å². The zero-order valence-corrected chi connectivity index (χ0v) is 7.95. The van der Waals surface area contributed by atoms with E-state index in [1.54, 1.807) is 0 Å². The molecule has 1 rings (SSSR count). The minimum absolute atomic E-state index is 0.0229. The van der Waals surface area contributed by atoms with Crippen LogP contribution in [-0.4, -0.2) is 42.4 Å². The van der Waals surface area contributed by atoms with Crippen molar-refractivity contribution in [2.24, 2.45) is 0 Å². The molecule has 1 saturated heterocycles. The number of aliphatic hydroxyl groups excluding tert-OH is 1. The van der Waals surface area contributed by atoms with Crippen molar-refractivity contribution in [3.05, 3.63) is 0 Å². The predicted molar refractivity (Wildman–Crippen MR) is 47.6 cm³/mol. The summed E-state index contributed by atoms with van der Waals surface area (Å²) in [6.07, 6.45) is -0.465. The Morgan fingerprint density at radius 1 is 1.71 bits per heavy atom. The van der Waals surface area contributed by atoms with Gasteiger partial charge in [0.25, 0.3) is 0 Å². The maximum absolute atomic E-state index is 10.9.